The highest BCUT2D eigenvalue weighted by Crippen LogP contribution is 2.15. The van der Waals surface area contributed by atoms with Gasteiger partial charge in [-0.05, 0) is 5.92 Å². The smallest absolute Gasteiger partial charge is 0.143 e. The first-order valence-corrected chi connectivity index (χ1v) is 3.58. The molecule has 0 atom stereocenters. The van der Waals surface area contributed by atoms with Gasteiger partial charge in [0.2, 0.25) is 0 Å². The maximum Gasteiger partial charge on any atom is 0.143 e. The Morgan fingerprint density at radius 1 is 1.64 bits per heavy atom. The number of aromatic nitrogens is 2. The Bertz CT molecular complexity index is 291. The number of nitrogens with zero attached hydrogens (tertiary/aromatic N) is 3. The van der Waals surface area contributed by atoms with Crippen molar-refractivity contribution in [3.63, 3.8) is 0 Å². The van der Waals surface area contributed by atoms with Gasteiger partial charge >= 0.3 is 0 Å². The summed E-state index contributed by atoms with van der Waals surface area (Å²) < 4.78 is 1.75. The predicted octanol–water partition coefficient (Wildman–Crippen LogP) is 1.42. The van der Waals surface area contributed by atoms with E-state index < -0.39 is 0 Å². The molecule has 0 N–H and O–H groups in total. The molecule has 0 bridgehead atoms. The van der Waals surface area contributed by atoms with E-state index in [-0.39, 0.29) is 0 Å². The zero-order chi connectivity index (χ0) is 8.43. The number of imidazole rings is 1. The fourth-order valence-electron chi connectivity index (χ4n) is 1.01. The maximum absolute atomic E-state index is 8.73. The van der Waals surface area contributed by atoms with Crippen molar-refractivity contribution in [2.75, 3.05) is 0 Å². The van der Waals surface area contributed by atoms with E-state index in [1.807, 2.05) is 20.9 Å². The molecule has 58 valence electrons. The molecular formula is C8H11N3. The lowest BCUT2D eigenvalue weighted by molar-refractivity contribution is 0.821. The molecule has 0 aliphatic heterocycles. The van der Waals surface area contributed by atoms with Gasteiger partial charge in [-0.25, -0.2) is 4.98 Å². The van der Waals surface area contributed by atoms with Gasteiger partial charge in [-0.15, -0.1) is 0 Å². The summed E-state index contributed by atoms with van der Waals surface area (Å²) in [5.41, 5.74) is 1.55. The highest BCUT2D eigenvalue weighted by Gasteiger charge is 2.10. The minimum Gasteiger partial charge on any atom is -0.325 e. The third kappa shape index (κ3) is 1.25. The first-order valence-electron chi connectivity index (χ1n) is 3.58. The van der Waals surface area contributed by atoms with Gasteiger partial charge in [0.15, 0.2) is 0 Å². The molecule has 0 radical (unpaired) electrons. The van der Waals surface area contributed by atoms with E-state index in [0.717, 1.165) is 5.69 Å². The van der Waals surface area contributed by atoms with E-state index >= 15 is 0 Å². The van der Waals surface area contributed by atoms with Gasteiger partial charge in [-0.3, -0.25) is 0 Å². The molecule has 0 saturated carbocycles. The molecule has 1 rings (SSSR count). The van der Waals surface area contributed by atoms with Crippen LogP contribution >= 0.6 is 0 Å². The minimum atomic E-state index is 0.325. The van der Waals surface area contributed by atoms with Crippen LogP contribution in [0, 0.1) is 11.3 Å². The summed E-state index contributed by atoms with van der Waals surface area (Å²) in [6.45, 7) is 4.06. The van der Waals surface area contributed by atoms with Crippen LogP contribution in [0.4, 0.5) is 0 Å². The Morgan fingerprint density at radius 3 is 2.64 bits per heavy atom. The Hall–Kier alpha value is -1.30. The summed E-state index contributed by atoms with van der Waals surface area (Å²) in [6, 6.07) is 2.13. The monoisotopic (exact) mass is 149 g/mol. The first kappa shape index (κ1) is 7.80. The van der Waals surface area contributed by atoms with Crippen LogP contribution < -0.4 is 0 Å². The lowest BCUT2D eigenvalue weighted by Gasteiger charge is -1.99. The number of hydrogen-bond acceptors (Lipinski definition) is 2. The molecule has 3 nitrogen and oxygen atoms in total. The molecular weight excluding hydrogens is 138 g/mol. The number of rotatable bonds is 1. The van der Waals surface area contributed by atoms with E-state index in [1.54, 1.807) is 10.9 Å². The van der Waals surface area contributed by atoms with Crippen molar-refractivity contribution in [2.24, 2.45) is 7.05 Å². The Morgan fingerprint density at radius 2 is 2.27 bits per heavy atom. The fraction of sp³-hybridized carbons (Fsp3) is 0.500. The van der Waals surface area contributed by atoms with Crippen molar-refractivity contribution in [1.29, 1.82) is 5.26 Å². The van der Waals surface area contributed by atoms with Crippen molar-refractivity contribution in [3.8, 4) is 6.07 Å². The molecule has 0 amide bonds. The van der Waals surface area contributed by atoms with Crippen LogP contribution in [0.3, 0.4) is 0 Å². The predicted molar refractivity (Wildman–Crippen MR) is 42.0 cm³/mol. The van der Waals surface area contributed by atoms with Gasteiger partial charge in [-0.2, -0.15) is 5.26 Å². The van der Waals surface area contributed by atoms with Crippen LogP contribution in [0.5, 0.6) is 0 Å². The largest absolute Gasteiger partial charge is 0.325 e. The summed E-state index contributed by atoms with van der Waals surface area (Å²) in [7, 11) is 1.83. The van der Waals surface area contributed by atoms with Crippen LogP contribution in [0.1, 0.15) is 31.2 Å². The van der Waals surface area contributed by atoms with Gasteiger partial charge < -0.3 is 4.57 Å². The summed E-state index contributed by atoms with van der Waals surface area (Å²) in [5.74, 6) is 0.325. The van der Waals surface area contributed by atoms with Crippen LogP contribution in [-0.4, -0.2) is 9.55 Å². The van der Waals surface area contributed by atoms with Gasteiger partial charge in [0.1, 0.15) is 11.8 Å². The molecule has 0 unspecified atom stereocenters. The minimum absolute atomic E-state index is 0.325. The lowest BCUT2D eigenvalue weighted by atomic mass is 10.1. The Labute approximate surface area is 66.3 Å². The van der Waals surface area contributed by atoms with Crippen LogP contribution in [0.2, 0.25) is 0 Å². The zero-order valence-electron chi connectivity index (χ0n) is 7.00. The Kier molecular flexibility index (Phi) is 1.95. The SMILES string of the molecule is CC(C)c1ncn(C)c1C#N. The third-order valence-corrected chi connectivity index (χ3v) is 1.62. The Balaban J connectivity index is 3.19. The van der Waals surface area contributed by atoms with Crippen molar-refractivity contribution >= 4 is 0 Å². The van der Waals surface area contributed by atoms with E-state index in [2.05, 4.69) is 11.1 Å². The highest BCUT2D eigenvalue weighted by molar-refractivity contribution is 5.28. The second kappa shape index (κ2) is 2.75. The zero-order valence-corrected chi connectivity index (χ0v) is 7.00. The first-order chi connectivity index (χ1) is 5.16. The van der Waals surface area contributed by atoms with Crippen LogP contribution in [0.25, 0.3) is 0 Å². The fourth-order valence-corrected chi connectivity index (χ4v) is 1.01. The van der Waals surface area contributed by atoms with Crippen molar-refractivity contribution < 1.29 is 0 Å². The molecule has 0 aliphatic carbocycles. The van der Waals surface area contributed by atoms with Gasteiger partial charge in [0.25, 0.3) is 0 Å². The van der Waals surface area contributed by atoms with Gasteiger partial charge in [0, 0.05) is 7.05 Å². The van der Waals surface area contributed by atoms with Crippen molar-refractivity contribution in [3.05, 3.63) is 17.7 Å². The molecule has 0 aromatic carbocycles. The average molecular weight is 149 g/mol. The normalized spacial score (nSPS) is 10.1. The van der Waals surface area contributed by atoms with Crippen LogP contribution in [-0.2, 0) is 7.05 Å². The maximum atomic E-state index is 8.73. The summed E-state index contributed by atoms with van der Waals surface area (Å²) >= 11 is 0. The molecule has 1 aromatic heterocycles. The van der Waals surface area contributed by atoms with E-state index in [0.29, 0.717) is 11.6 Å². The molecule has 0 fully saturated rings. The quantitative estimate of drug-likeness (QED) is 0.605. The molecule has 0 aliphatic rings. The topological polar surface area (TPSA) is 41.6 Å². The number of nitriles is 1. The van der Waals surface area contributed by atoms with Crippen molar-refractivity contribution in [1.82, 2.24) is 9.55 Å². The highest BCUT2D eigenvalue weighted by atomic mass is 15.0. The third-order valence-electron chi connectivity index (χ3n) is 1.62. The molecule has 1 aromatic rings. The van der Waals surface area contributed by atoms with Crippen LogP contribution in [0.15, 0.2) is 6.33 Å². The van der Waals surface area contributed by atoms with Crippen molar-refractivity contribution in [2.45, 2.75) is 19.8 Å². The molecule has 3 heteroatoms. The molecule has 0 spiro atoms. The van der Waals surface area contributed by atoms with E-state index in [1.165, 1.54) is 0 Å². The number of aryl methyl sites for hydroxylation is 1. The second-order valence-electron chi connectivity index (χ2n) is 2.86. The number of hydrogen-bond donors (Lipinski definition) is 0. The second-order valence-corrected chi connectivity index (χ2v) is 2.86. The lowest BCUT2D eigenvalue weighted by Crippen LogP contribution is -1.95. The van der Waals surface area contributed by atoms with E-state index in [4.69, 9.17) is 5.26 Å². The molecule has 11 heavy (non-hydrogen) atoms. The molecule has 1 heterocycles. The molecule has 0 saturated heterocycles. The summed E-state index contributed by atoms with van der Waals surface area (Å²) in [6.07, 6.45) is 1.67. The average Bonchev–Trinajstić information content (AvgIpc) is 2.30. The summed E-state index contributed by atoms with van der Waals surface area (Å²) in [4.78, 5) is 4.13. The summed E-state index contributed by atoms with van der Waals surface area (Å²) in [5, 5.41) is 8.73. The van der Waals surface area contributed by atoms with Gasteiger partial charge in [-0.1, -0.05) is 13.8 Å². The standard InChI is InChI=1S/C8H11N3/c1-6(2)8-7(4-9)11(3)5-10-8/h5-6H,1-3H3. The van der Waals surface area contributed by atoms with Gasteiger partial charge in [0.05, 0.1) is 12.0 Å². The van der Waals surface area contributed by atoms with E-state index in [9.17, 15) is 0 Å².